The summed E-state index contributed by atoms with van der Waals surface area (Å²) in [6.45, 7) is 8.49. The second kappa shape index (κ2) is 10.4. The van der Waals surface area contributed by atoms with E-state index in [0.717, 1.165) is 34.6 Å². The number of hydrogen-bond acceptors (Lipinski definition) is 6. The van der Waals surface area contributed by atoms with Gasteiger partial charge in [0, 0.05) is 17.4 Å². The summed E-state index contributed by atoms with van der Waals surface area (Å²) in [7, 11) is 0. The van der Waals surface area contributed by atoms with E-state index < -0.39 is 11.7 Å². The molecule has 1 atom stereocenters. The number of rotatable bonds is 3. The van der Waals surface area contributed by atoms with Crippen molar-refractivity contribution in [2.75, 3.05) is 10.2 Å². The molecule has 0 unspecified atom stereocenters. The van der Waals surface area contributed by atoms with Gasteiger partial charge in [-0.2, -0.15) is 23.0 Å². The molecule has 10 heteroatoms. The van der Waals surface area contributed by atoms with Gasteiger partial charge in [0.1, 0.15) is 0 Å². The molecule has 0 radical (unpaired) electrons. The number of benzene rings is 3. The third-order valence-corrected chi connectivity index (χ3v) is 8.05. The fourth-order valence-electron chi connectivity index (χ4n) is 5.83. The second-order valence-electron chi connectivity index (χ2n) is 12.2. The molecule has 0 saturated heterocycles. The van der Waals surface area contributed by atoms with E-state index in [2.05, 4.69) is 60.2 Å². The first-order valence-electron chi connectivity index (χ1n) is 14.6. The van der Waals surface area contributed by atoms with Gasteiger partial charge in [-0.3, -0.25) is 0 Å². The molecule has 0 fully saturated rings. The Morgan fingerprint density at radius 1 is 0.800 bits per heavy atom. The van der Waals surface area contributed by atoms with E-state index in [0.29, 0.717) is 29.0 Å². The van der Waals surface area contributed by atoms with Crippen LogP contribution >= 0.6 is 0 Å². The van der Waals surface area contributed by atoms with Crippen LogP contribution in [0.25, 0.3) is 5.82 Å². The highest BCUT2D eigenvalue weighted by molar-refractivity contribution is 6.51. The van der Waals surface area contributed by atoms with Crippen LogP contribution in [0.1, 0.15) is 54.8 Å². The number of amidine groups is 2. The second-order valence-corrected chi connectivity index (χ2v) is 12.2. The number of nitrogens with one attached hydrogen (secondary N) is 1. The van der Waals surface area contributed by atoms with Crippen LogP contribution in [-0.2, 0) is 11.6 Å². The number of halogens is 3. The lowest BCUT2D eigenvalue weighted by atomic mass is 9.85. The van der Waals surface area contributed by atoms with Crippen molar-refractivity contribution in [1.82, 2.24) is 14.8 Å². The zero-order valence-electron chi connectivity index (χ0n) is 25.1. The molecule has 4 heterocycles. The smallest absolute Gasteiger partial charge is 0.337 e. The van der Waals surface area contributed by atoms with Crippen molar-refractivity contribution in [3.63, 3.8) is 0 Å². The lowest BCUT2D eigenvalue weighted by Crippen LogP contribution is -2.46. The van der Waals surface area contributed by atoms with E-state index in [9.17, 15) is 13.2 Å². The highest BCUT2D eigenvalue weighted by atomic mass is 19.4. The first-order chi connectivity index (χ1) is 21.5. The summed E-state index contributed by atoms with van der Waals surface area (Å²) in [4.78, 5) is 16.6. The van der Waals surface area contributed by atoms with E-state index in [4.69, 9.17) is 15.1 Å². The van der Waals surface area contributed by atoms with Gasteiger partial charge in [0.25, 0.3) is 0 Å². The number of para-hydroxylation sites is 2. The molecule has 0 spiro atoms. The van der Waals surface area contributed by atoms with E-state index in [1.165, 1.54) is 11.6 Å². The number of aromatic nitrogens is 3. The minimum atomic E-state index is -4.49. The average Bonchev–Trinajstić information content (AvgIpc) is 3.36. The fraction of sp³-hybridized carbons (Fsp3) is 0.200. The molecular formula is C35H30F3N7. The summed E-state index contributed by atoms with van der Waals surface area (Å²) in [6, 6.07) is 26.5. The Morgan fingerprint density at radius 3 is 2.27 bits per heavy atom. The molecule has 2 aliphatic rings. The van der Waals surface area contributed by atoms with Gasteiger partial charge >= 0.3 is 6.18 Å². The number of aryl methyl sites for hydroxylation is 1. The molecule has 7 nitrogen and oxygen atoms in total. The minimum Gasteiger partial charge on any atom is -0.337 e. The molecule has 0 saturated carbocycles. The Morgan fingerprint density at radius 2 is 1.56 bits per heavy atom. The summed E-state index contributed by atoms with van der Waals surface area (Å²) in [5.41, 5.74) is 4.85. The third kappa shape index (κ3) is 5.05. The maximum absolute atomic E-state index is 13.6. The van der Waals surface area contributed by atoms with Gasteiger partial charge < -0.3 is 10.2 Å². The zero-order valence-corrected chi connectivity index (χ0v) is 25.1. The highest BCUT2D eigenvalue weighted by Gasteiger charge is 2.42. The lowest BCUT2D eigenvalue weighted by Gasteiger charge is -2.40. The lowest BCUT2D eigenvalue weighted by molar-refractivity contribution is -0.137. The summed E-state index contributed by atoms with van der Waals surface area (Å²) in [5.74, 6) is 1.96. The predicted molar refractivity (Wildman–Crippen MR) is 171 cm³/mol. The normalized spacial score (nSPS) is 15.9. The van der Waals surface area contributed by atoms with E-state index in [1.54, 1.807) is 16.9 Å². The van der Waals surface area contributed by atoms with Crippen molar-refractivity contribution in [3.05, 3.63) is 125 Å². The fourth-order valence-corrected chi connectivity index (χ4v) is 5.83. The SMILES string of the molecule is Cc1nn(-c2ccccn2)c2c1[C@@H](c1ccc(C(C)(C)C)cc1)N1C(=N2)C(Nc2cccc(C(F)(F)F)c2)=Nc2ccccc21. The van der Waals surface area contributed by atoms with Gasteiger partial charge in [-0.15, -0.1) is 0 Å². The molecule has 0 amide bonds. The molecule has 5 aromatic rings. The number of aliphatic imine (C=N–C) groups is 2. The number of hydrogen-bond donors (Lipinski definition) is 1. The topological polar surface area (TPSA) is 70.7 Å². The van der Waals surface area contributed by atoms with Crippen LogP contribution in [0.2, 0.25) is 0 Å². The molecule has 0 bridgehead atoms. The molecule has 1 N–H and O–H groups in total. The standard InChI is InChI=1S/C35H30F3N7/c1-21-29-30(22-15-17-23(18-16-22)34(2,3)4)44-27-13-6-5-12-26(27)41-31(40-25-11-9-10-24(20-25)35(36,37)38)33(44)42-32(29)45(43-21)28-14-7-8-19-39-28/h5-20,30H,1-4H3,(H,40,41)/t30-/m1/s1. The summed E-state index contributed by atoms with van der Waals surface area (Å²) >= 11 is 0. The van der Waals surface area contributed by atoms with Crippen LogP contribution in [0.15, 0.2) is 107 Å². The third-order valence-electron chi connectivity index (χ3n) is 8.05. The van der Waals surface area contributed by atoms with Gasteiger partial charge in [-0.05, 0) is 65.9 Å². The van der Waals surface area contributed by atoms with Crippen molar-refractivity contribution < 1.29 is 13.2 Å². The Kier molecular flexibility index (Phi) is 6.61. The molecular weight excluding hydrogens is 575 g/mol. The summed E-state index contributed by atoms with van der Waals surface area (Å²) in [6.07, 6.45) is -2.79. The number of alkyl halides is 3. The number of pyridine rings is 1. The highest BCUT2D eigenvalue weighted by Crippen LogP contribution is 2.48. The molecule has 2 aromatic heterocycles. The van der Waals surface area contributed by atoms with Gasteiger partial charge in [-0.25, -0.2) is 15.0 Å². The predicted octanol–water partition coefficient (Wildman–Crippen LogP) is 8.69. The van der Waals surface area contributed by atoms with Crippen molar-refractivity contribution >= 4 is 34.6 Å². The number of nitrogens with zero attached hydrogens (tertiary/aromatic N) is 6. The summed E-state index contributed by atoms with van der Waals surface area (Å²) < 4.78 is 42.6. The van der Waals surface area contributed by atoms with Crippen LogP contribution in [0.5, 0.6) is 0 Å². The van der Waals surface area contributed by atoms with Gasteiger partial charge in [0.15, 0.2) is 23.3 Å². The van der Waals surface area contributed by atoms with Crippen molar-refractivity contribution in [2.24, 2.45) is 9.98 Å². The molecule has 45 heavy (non-hydrogen) atoms. The Balaban J connectivity index is 1.46. The summed E-state index contributed by atoms with van der Waals surface area (Å²) in [5, 5.41) is 8.06. The van der Waals surface area contributed by atoms with Gasteiger partial charge in [0.2, 0.25) is 0 Å². The molecule has 226 valence electrons. The maximum atomic E-state index is 13.6. The van der Waals surface area contributed by atoms with Crippen LogP contribution in [-0.4, -0.2) is 26.4 Å². The van der Waals surface area contributed by atoms with E-state index in [-0.39, 0.29) is 17.1 Å². The zero-order chi connectivity index (χ0) is 31.5. The first-order valence-corrected chi connectivity index (χ1v) is 14.6. The average molecular weight is 606 g/mol. The maximum Gasteiger partial charge on any atom is 0.416 e. The van der Waals surface area contributed by atoms with E-state index in [1.807, 2.05) is 49.4 Å². The molecule has 3 aromatic carbocycles. The monoisotopic (exact) mass is 605 g/mol. The molecule has 7 rings (SSSR count). The number of fused-ring (bicyclic) bond motifs is 4. The molecule has 2 aliphatic heterocycles. The van der Waals surface area contributed by atoms with Crippen LogP contribution in [0.4, 0.5) is 36.1 Å². The van der Waals surface area contributed by atoms with Crippen LogP contribution in [0, 0.1) is 6.92 Å². The largest absolute Gasteiger partial charge is 0.416 e. The van der Waals surface area contributed by atoms with Crippen LogP contribution < -0.4 is 10.2 Å². The van der Waals surface area contributed by atoms with Crippen LogP contribution in [0.3, 0.4) is 0 Å². The van der Waals surface area contributed by atoms with Crippen molar-refractivity contribution in [1.29, 1.82) is 0 Å². The Bertz CT molecular complexity index is 1970. The Labute approximate surface area is 258 Å². The number of anilines is 2. The quantitative estimate of drug-likeness (QED) is 0.223. The van der Waals surface area contributed by atoms with Gasteiger partial charge in [0.05, 0.1) is 28.7 Å². The van der Waals surface area contributed by atoms with E-state index >= 15 is 0 Å². The first kappa shape index (κ1) is 28.5. The molecule has 0 aliphatic carbocycles. The minimum absolute atomic E-state index is 0.0327. The van der Waals surface area contributed by atoms with Crippen molar-refractivity contribution in [3.8, 4) is 5.82 Å². The van der Waals surface area contributed by atoms with Crippen molar-refractivity contribution in [2.45, 2.75) is 45.3 Å². The van der Waals surface area contributed by atoms with Gasteiger partial charge in [-0.1, -0.05) is 69.3 Å². The Hall–Kier alpha value is -5.25.